The van der Waals surface area contributed by atoms with E-state index in [9.17, 15) is 9.59 Å². The highest BCUT2D eigenvalue weighted by molar-refractivity contribution is 5.73. The van der Waals surface area contributed by atoms with Gasteiger partial charge in [-0.1, -0.05) is 44.2 Å². The maximum Gasteiger partial charge on any atom is 0.306 e. The van der Waals surface area contributed by atoms with Gasteiger partial charge in [-0.3, -0.25) is 9.59 Å². The summed E-state index contributed by atoms with van der Waals surface area (Å²) in [6.45, 7) is 3.92. The molecule has 0 radical (unpaired) electrons. The highest BCUT2D eigenvalue weighted by Gasteiger charge is 2.22. The molecule has 0 saturated carbocycles. The van der Waals surface area contributed by atoms with E-state index in [1.54, 1.807) is 0 Å². The van der Waals surface area contributed by atoms with E-state index < -0.39 is 11.9 Å². The van der Waals surface area contributed by atoms with E-state index in [1.165, 1.54) is 0 Å². The van der Waals surface area contributed by atoms with E-state index in [-0.39, 0.29) is 24.9 Å². The van der Waals surface area contributed by atoms with Crippen molar-refractivity contribution >= 4 is 11.9 Å². The molecule has 1 atom stereocenters. The number of carboxylic acid groups (broad SMARTS) is 1. The van der Waals surface area contributed by atoms with Crippen molar-refractivity contribution in [1.82, 2.24) is 0 Å². The predicted molar refractivity (Wildman–Crippen MR) is 71.4 cm³/mol. The zero-order valence-corrected chi connectivity index (χ0v) is 11.3. The third-order valence-corrected chi connectivity index (χ3v) is 3.02. The Morgan fingerprint density at radius 2 is 1.84 bits per heavy atom. The molecule has 0 aromatic heterocycles. The van der Waals surface area contributed by atoms with Gasteiger partial charge in [0.2, 0.25) is 0 Å². The number of benzene rings is 1. The fraction of sp³-hybridized carbons (Fsp3) is 0.467. The number of carboxylic acids is 1. The van der Waals surface area contributed by atoms with Crippen LogP contribution in [0.15, 0.2) is 30.3 Å². The second-order valence-electron chi connectivity index (χ2n) is 4.87. The molecule has 1 aromatic rings. The molecule has 1 N–H and O–H groups in total. The second-order valence-corrected chi connectivity index (χ2v) is 4.87. The summed E-state index contributed by atoms with van der Waals surface area (Å²) in [7, 11) is 0. The highest BCUT2D eigenvalue weighted by atomic mass is 16.5. The molecule has 104 valence electrons. The number of rotatable bonds is 7. The molecule has 0 amide bonds. The maximum absolute atomic E-state index is 11.6. The lowest BCUT2D eigenvalue weighted by molar-refractivity contribution is -0.147. The van der Waals surface area contributed by atoms with E-state index in [1.807, 2.05) is 44.2 Å². The van der Waals surface area contributed by atoms with Crippen molar-refractivity contribution in [3.63, 3.8) is 0 Å². The summed E-state index contributed by atoms with van der Waals surface area (Å²) in [5.74, 6) is -1.69. The maximum atomic E-state index is 11.6. The van der Waals surface area contributed by atoms with Crippen LogP contribution in [-0.4, -0.2) is 17.0 Å². The van der Waals surface area contributed by atoms with Crippen molar-refractivity contribution in [2.45, 2.75) is 33.3 Å². The fourth-order valence-corrected chi connectivity index (χ4v) is 1.83. The minimum atomic E-state index is -0.856. The summed E-state index contributed by atoms with van der Waals surface area (Å²) in [4.78, 5) is 22.5. The van der Waals surface area contributed by atoms with Crippen molar-refractivity contribution in [2.75, 3.05) is 0 Å². The predicted octanol–water partition coefficient (Wildman–Crippen LogP) is 2.87. The summed E-state index contributed by atoms with van der Waals surface area (Å²) in [6.07, 6.45) is 0.461. The number of hydrogen-bond acceptors (Lipinski definition) is 3. The van der Waals surface area contributed by atoms with Gasteiger partial charge in [0, 0.05) is 6.42 Å². The molecule has 0 fully saturated rings. The number of aliphatic carboxylic acids is 1. The zero-order valence-electron chi connectivity index (χ0n) is 11.3. The van der Waals surface area contributed by atoms with Gasteiger partial charge in [0.1, 0.15) is 6.61 Å². The lowest BCUT2D eigenvalue weighted by atomic mass is 9.91. The molecule has 1 unspecified atom stereocenters. The van der Waals surface area contributed by atoms with Gasteiger partial charge in [-0.2, -0.15) is 0 Å². The largest absolute Gasteiger partial charge is 0.481 e. The van der Waals surface area contributed by atoms with Crippen molar-refractivity contribution in [3.05, 3.63) is 35.9 Å². The van der Waals surface area contributed by atoms with Crippen molar-refractivity contribution in [2.24, 2.45) is 11.8 Å². The Kier molecular flexibility index (Phi) is 6.06. The van der Waals surface area contributed by atoms with Crippen LogP contribution in [0.25, 0.3) is 0 Å². The second kappa shape index (κ2) is 7.56. The van der Waals surface area contributed by atoms with Gasteiger partial charge in [-0.25, -0.2) is 0 Å². The number of esters is 1. The van der Waals surface area contributed by atoms with Crippen molar-refractivity contribution in [3.8, 4) is 0 Å². The molecular formula is C15H20O4. The number of ether oxygens (including phenoxy) is 1. The Morgan fingerprint density at radius 1 is 1.21 bits per heavy atom. The van der Waals surface area contributed by atoms with Crippen LogP contribution in [0, 0.1) is 11.8 Å². The van der Waals surface area contributed by atoms with Gasteiger partial charge in [-0.05, 0) is 17.9 Å². The minimum Gasteiger partial charge on any atom is -0.481 e. The number of carbonyl (C=O) groups excluding carboxylic acids is 1. The third-order valence-electron chi connectivity index (χ3n) is 3.02. The van der Waals surface area contributed by atoms with Gasteiger partial charge in [0.15, 0.2) is 0 Å². The average Bonchev–Trinajstić information content (AvgIpc) is 2.37. The molecule has 4 heteroatoms. The molecule has 19 heavy (non-hydrogen) atoms. The van der Waals surface area contributed by atoms with Crippen LogP contribution in [0.1, 0.15) is 32.3 Å². The van der Waals surface area contributed by atoms with Crippen LogP contribution in [0.2, 0.25) is 0 Å². The molecule has 0 heterocycles. The van der Waals surface area contributed by atoms with Crippen LogP contribution in [0.3, 0.4) is 0 Å². The Balaban J connectivity index is 2.33. The van der Waals surface area contributed by atoms with E-state index in [4.69, 9.17) is 9.84 Å². The number of hydrogen-bond donors (Lipinski definition) is 1. The lowest BCUT2D eigenvalue weighted by Crippen LogP contribution is -2.21. The monoisotopic (exact) mass is 264 g/mol. The molecule has 0 aliphatic heterocycles. The van der Waals surface area contributed by atoms with Gasteiger partial charge in [-0.15, -0.1) is 0 Å². The normalized spacial score (nSPS) is 12.2. The number of carbonyl (C=O) groups is 2. The Bertz CT molecular complexity index is 411. The Labute approximate surface area is 113 Å². The Morgan fingerprint density at radius 3 is 2.37 bits per heavy atom. The molecule has 0 saturated heterocycles. The quantitative estimate of drug-likeness (QED) is 0.769. The molecule has 0 spiro atoms. The summed E-state index contributed by atoms with van der Waals surface area (Å²) < 4.78 is 5.11. The molecule has 0 aliphatic carbocycles. The first-order chi connectivity index (χ1) is 9.00. The summed E-state index contributed by atoms with van der Waals surface area (Å²) in [5, 5.41) is 9.01. The Hall–Kier alpha value is -1.84. The van der Waals surface area contributed by atoms with Crippen LogP contribution >= 0.6 is 0 Å². The van der Waals surface area contributed by atoms with Crippen molar-refractivity contribution < 1.29 is 19.4 Å². The lowest BCUT2D eigenvalue weighted by Gasteiger charge is -2.15. The van der Waals surface area contributed by atoms with Crippen LogP contribution in [0.4, 0.5) is 0 Å². The molecule has 1 rings (SSSR count). The smallest absolute Gasteiger partial charge is 0.306 e. The molecular weight excluding hydrogens is 244 g/mol. The summed E-state index contributed by atoms with van der Waals surface area (Å²) in [6, 6.07) is 9.40. The molecule has 0 aliphatic rings. The molecule has 1 aromatic carbocycles. The zero-order chi connectivity index (χ0) is 14.3. The first-order valence-corrected chi connectivity index (χ1v) is 6.43. The topological polar surface area (TPSA) is 63.6 Å². The van der Waals surface area contributed by atoms with E-state index in [2.05, 4.69) is 0 Å². The van der Waals surface area contributed by atoms with E-state index in [0.717, 1.165) is 5.56 Å². The van der Waals surface area contributed by atoms with E-state index >= 15 is 0 Å². The first kappa shape index (κ1) is 15.2. The van der Waals surface area contributed by atoms with Gasteiger partial charge in [0.05, 0.1) is 5.92 Å². The van der Waals surface area contributed by atoms with E-state index in [0.29, 0.717) is 6.42 Å². The van der Waals surface area contributed by atoms with Crippen LogP contribution in [-0.2, 0) is 20.9 Å². The van der Waals surface area contributed by atoms with Crippen LogP contribution in [0.5, 0.6) is 0 Å². The summed E-state index contributed by atoms with van der Waals surface area (Å²) >= 11 is 0. The van der Waals surface area contributed by atoms with Gasteiger partial charge in [0.25, 0.3) is 0 Å². The SMILES string of the molecule is CC(C)C(CCC(=O)OCc1ccccc1)C(=O)O. The minimum absolute atomic E-state index is 0.0134. The van der Waals surface area contributed by atoms with Crippen LogP contribution < -0.4 is 0 Å². The van der Waals surface area contributed by atoms with Gasteiger partial charge >= 0.3 is 11.9 Å². The molecule has 4 nitrogen and oxygen atoms in total. The first-order valence-electron chi connectivity index (χ1n) is 6.43. The third kappa shape index (κ3) is 5.55. The summed E-state index contributed by atoms with van der Waals surface area (Å²) in [5.41, 5.74) is 0.925. The van der Waals surface area contributed by atoms with Gasteiger partial charge < -0.3 is 9.84 Å². The fourth-order valence-electron chi connectivity index (χ4n) is 1.83. The standard InChI is InChI=1S/C15H20O4/c1-11(2)13(15(17)18)8-9-14(16)19-10-12-6-4-3-5-7-12/h3-7,11,13H,8-10H2,1-2H3,(H,17,18). The highest BCUT2D eigenvalue weighted by Crippen LogP contribution is 2.18. The van der Waals surface area contributed by atoms with Crippen molar-refractivity contribution in [1.29, 1.82) is 0 Å². The molecule has 0 bridgehead atoms. The average molecular weight is 264 g/mol.